The van der Waals surface area contributed by atoms with Gasteiger partial charge in [-0.2, -0.15) is 9.90 Å². The first-order valence-electron chi connectivity index (χ1n) is 6.61. The van der Waals surface area contributed by atoms with E-state index in [2.05, 4.69) is 42.5 Å². The third kappa shape index (κ3) is 3.02. The van der Waals surface area contributed by atoms with Gasteiger partial charge in [-0.3, -0.25) is 4.68 Å². The van der Waals surface area contributed by atoms with Crippen LogP contribution in [0.2, 0.25) is 0 Å². The molecule has 2 aromatic heterocycles. The highest BCUT2D eigenvalue weighted by Gasteiger charge is 2.09. The normalized spacial score (nSPS) is 11.0. The van der Waals surface area contributed by atoms with Crippen LogP contribution < -0.4 is 0 Å². The van der Waals surface area contributed by atoms with E-state index in [1.807, 2.05) is 43.0 Å². The topological polar surface area (TPSA) is 61.4 Å². The van der Waals surface area contributed by atoms with Crippen LogP contribution in [0.3, 0.4) is 0 Å². The van der Waals surface area contributed by atoms with Gasteiger partial charge < -0.3 is 0 Å². The molecule has 0 aliphatic rings. The summed E-state index contributed by atoms with van der Waals surface area (Å²) in [5.41, 5.74) is 3.36. The van der Waals surface area contributed by atoms with Crippen LogP contribution in [-0.2, 0) is 20.0 Å². The molecule has 3 aromatic rings. The molecule has 2 heterocycles. The molecule has 0 fully saturated rings. The summed E-state index contributed by atoms with van der Waals surface area (Å²) in [6.45, 7) is 2.61. The predicted molar refractivity (Wildman–Crippen MR) is 81.8 cm³/mol. The summed E-state index contributed by atoms with van der Waals surface area (Å²) in [7, 11) is 1.92. The van der Waals surface area contributed by atoms with E-state index in [0.29, 0.717) is 18.8 Å². The number of aromatic nitrogens is 6. The van der Waals surface area contributed by atoms with Crippen LogP contribution in [0, 0.1) is 6.92 Å². The molecular weight excluding hydrogens is 332 g/mol. The molecule has 1 aromatic carbocycles. The Kier molecular flexibility index (Phi) is 3.83. The highest BCUT2D eigenvalue weighted by Crippen LogP contribution is 2.17. The fraction of sp³-hybridized carbons (Fsp3) is 0.286. The van der Waals surface area contributed by atoms with Crippen LogP contribution in [0.15, 0.2) is 34.9 Å². The summed E-state index contributed by atoms with van der Waals surface area (Å²) < 4.78 is 2.90. The van der Waals surface area contributed by atoms with E-state index in [1.165, 1.54) is 0 Å². The van der Waals surface area contributed by atoms with Gasteiger partial charge in [-0.05, 0) is 23.8 Å². The van der Waals surface area contributed by atoms with Crippen LogP contribution in [0.1, 0.15) is 22.6 Å². The number of hydrogen-bond donors (Lipinski definition) is 0. The molecule has 0 N–H and O–H groups in total. The molecule has 0 aliphatic heterocycles. The van der Waals surface area contributed by atoms with Gasteiger partial charge in [-0.1, -0.05) is 34.1 Å². The van der Waals surface area contributed by atoms with Crippen LogP contribution in [0.25, 0.3) is 0 Å². The number of rotatable bonds is 4. The van der Waals surface area contributed by atoms with Crippen molar-refractivity contribution in [2.24, 2.45) is 7.05 Å². The Morgan fingerprint density at radius 3 is 2.71 bits per heavy atom. The average molecular weight is 347 g/mol. The lowest BCUT2D eigenvalue weighted by molar-refractivity contribution is 0.568. The molecule has 0 unspecified atom stereocenters. The lowest BCUT2D eigenvalue weighted by Gasteiger charge is -2.00. The minimum atomic E-state index is 0.586. The van der Waals surface area contributed by atoms with Gasteiger partial charge in [-0.25, -0.2) is 0 Å². The quantitative estimate of drug-likeness (QED) is 0.725. The number of aryl methyl sites for hydroxylation is 1. The van der Waals surface area contributed by atoms with Crippen LogP contribution in [-0.4, -0.2) is 30.0 Å². The number of nitrogens with zero attached hydrogens (tertiary/aromatic N) is 6. The molecule has 0 saturated carbocycles. The maximum atomic E-state index is 4.43. The zero-order chi connectivity index (χ0) is 14.8. The second-order valence-corrected chi connectivity index (χ2v) is 5.74. The van der Waals surface area contributed by atoms with Crippen molar-refractivity contribution in [2.75, 3.05) is 0 Å². The number of halogens is 1. The Balaban J connectivity index is 1.75. The van der Waals surface area contributed by atoms with Crippen molar-refractivity contribution in [3.63, 3.8) is 0 Å². The Bertz CT molecular complexity index is 760. The van der Waals surface area contributed by atoms with Gasteiger partial charge >= 0.3 is 0 Å². The van der Waals surface area contributed by atoms with E-state index < -0.39 is 0 Å². The zero-order valence-electron chi connectivity index (χ0n) is 11.9. The Morgan fingerprint density at radius 2 is 2.00 bits per heavy atom. The third-order valence-corrected chi connectivity index (χ3v) is 4.22. The summed E-state index contributed by atoms with van der Waals surface area (Å²) >= 11 is 3.53. The van der Waals surface area contributed by atoms with Gasteiger partial charge in [0.15, 0.2) is 5.82 Å². The number of hydrogen-bond acceptors (Lipinski definition) is 4. The van der Waals surface area contributed by atoms with Crippen molar-refractivity contribution in [1.82, 2.24) is 30.0 Å². The first-order chi connectivity index (χ1) is 10.1. The van der Waals surface area contributed by atoms with Crippen molar-refractivity contribution in [1.29, 1.82) is 0 Å². The van der Waals surface area contributed by atoms with Crippen molar-refractivity contribution in [2.45, 2.75) is 19.9 Å². The molecule has 0 aliphatic carbocycles. The van der Waals surface area contributed by atoms with Gasteiger partial charge in [-0.15, -0.1) is 10.2 Å². The fourth-order valence-electron chi connectivity index (χ4n) is 2.08. The summed E-state index contributed by atoms with van der Waals surface area (Å²) in [6.07, 6.45) is 2.50. The lowest BCUT2D eigenvalue weighted by atomic mass is 10.1. The maximum Gasteiger partial charge on any atom is 0.179 e. The molecule has 0 spiro atoms. The maximum absolute atomic E-state index is 4.43. The van der Waals surface area contributed by atoms with Crippen molar-refractivity contribution < 1.29 is 0 Å². The standard InChI is InChI=1S/C14H15BrN6/c1-10-12(8-16-20(10)2)9-21-18-14(17-19-21)7-11-5-3-4-6-13(11)15/h3-6,8H,7,9H2,1-2H3. The molecule has 0 amide bonds. The van der Waals surface area contributed by atoms with E-state index in [-0.39, 0.29) is 0 Å². The van der Waals surface area contributed by atoms with Crippen molar-refractivity contribution in [3.05, 3.63) is 57.6 Å². The number of tetrazole rings is 1. The molecule has 0 radical (unpaired) electrons. The molecule has 0 atom stereocenters. The van der Waals surface area contributed by atoms with Crippen LogP contribution in [0.5, 0.6) is 0 Å². The van der Waals surface area contributed by atoms with E-state index >= 15 is 0 Å². The fourth-order valence-corrected chi connectivity index (χ4v) is 2.50. The van der Waals surface area contributed by atoms with Crippen LogP contribution in [0.4, 0.5) is 0 Å². The van der Waals surface area contributed by atoms with E-state index in [4.69, 9.17) is 0 Å². The van der Waals surface area contributed by atoms with E-state index in [0.717, 1.165) is 21.3 Å². The monoisotopic (exact) mass is 346 g/mol. The largest absolute Gasteiger partial charge is 0.273 e. The molecule has 0 saturated heterocycles. The van der Waals surface area contributed by atoms with Gasteiger partial charge in [0.25, 0.3) is 0 Å². The van der Waals surface area contributed by atoms with Crippen molar-refractivity contribution >= 4 is 15.9 Å². The molecule has 6 nitrogen and oxygen atoms in total. The molecular formula is C14H15BrN6. The second kappa shape index (κ2) is 5.77. The predicted octanol–water partition coefficient (Wildman–Crippen LogP) is 2.12. The van der Waals surface area contributed by atoms with E-state index in [9.17, 15) is 0 Å². The van der Waals surface area contributed by atoms with Crippen LogP contribution >= 0.6 is 15.9 Å². The van der Waals surface area contributed by atoms with Gasteiger partial charge in [0.05, 0.1) is 12.7 Å². The third-order valence-electron chi connectivity index (χ3n) is 3.45. The first kappa shape index (κ1) is 13.9. The zero-order valence-corrected chi connectivity index (χ0v) is 13.4. The average Bonchev–Trinajstić information content (AvgIpc) is 3.04. The van der Waals surface area contributed by atoms with Gasteiger partial charge in [0.1, 0.15) is 0 Å². The molecule has 108 valence electrons. The van der Waals surface area contributed by atoms with E-state index in [1.54, 1.807) is 4.80 Å². The first-order valence-corrected chi connectivity index (χ1v) is 7.40. The molecule has 7 heteroatoms. The highest BCUT2D eigenvalue weighted by atomic mass is 79.9. The van der Waals surface area contributed by atoms with Crippen molar-refractivity contribution in [3.8, 4) is 0 Å². The Morgan fingerprint density at radius 1 is 1.19 bits per heavy atom. The summed E-state index contributed by atoms with van der Waals surface area (Å²) in [5.74, 6) is 0.712. The molecule has 0 bridgehead atoms. The van der Waals surface area contributed by atoms with Gasteiger partial charge in [0, 0.05) is 29.2 Å². The summed E-state index contributed by atoms with van der Waals surface area (Å²) in [5, 5.41) is 16.9. The minimum Gasteiger partial charge on any atom is -0.273 e. The van der Waals surface area contributed by atoms with Gasteiger partial charge in [0.2, 0.25) is 0 Å². The SMILES string of the molecule is Cc1c(Cn2nnc(Cc3ccccc3Br)n2)cnn1C. The lowest BCUT2D eigenvalue weighted by Crippen LogP contribution is -2.05. The second-order valence-electron chi connectivity index (χ2n) is 4.88. The Hall–Kier alpha value is -2.02. The Labute approximate surface area is 130 Å². The summed E-state index contributed by atoms with van der Waals surface area (Å²) in [6, 6.07) is 8.06. The molecule has 3 rings (SSSR count). The number of benzene rings is 1. The highest BCUT2D eigenvalue weighted by molar-refractivity contribution is 9.10. The molecule has 21 heavy (non-hydrogen) atoms. The summed E-state index contributed by atoms with van der Waals surface area (Å²) in [4.78, 5) is 1.61. The smallest absolute Gasteiger partial charge is 0.179 e. The minimum absolute atomic E-state index is 0.586.